The Balaban J connectivity index is 2.86. The zero-order chi connectivity index (χ0) is 16.5. The lowest BCUT2D eigenvalue weighted by Crippen LogP contribution is -2.19. The number of hydrogen-bond acceptors (Lipinski definition) is 3. The normalized spacial score (nSPS) is 11.3. The second-order valence-corrected chi connectivity index (χ2v) is 6.06. The molecule has 5 nitrogen and oxygen atoms in total. The fourth-order valence-electron chi connectivity index (χ4n) is 2.60. The van der Waals surface area contributed by atoms with E-state index < -0.39 is 17.5 Å². The van der Waals surface area contributed by atoms with E-state index in [4.69, 9.17) is 0 Å². The van der Waals surface area contributed by atoms with Gasteiger partial charge >= 0.3 is 12.1 Å². The van der Waals surface area contributed by atoms with Gasteiger partial charge in [0.1, 0.15) is 0 Å². The highest BCUT2D eigenvalue weighted by Gasteiger charge is 2.26. The zero-order valence-electron chi connectivity index (χ0n) is 13.1. The second kappa shape index (κ2) is 5.67. The van der Waals surface area contributed by atoms with Crippen molar-refractivity contribution in [1.82, 2.24) is 0 Å². The highest BCUT2D eigenvalue weighted by molar-refractivity contribution is 6.06. The van der Waals surface area contributed by atoms with E-state index in [1.165, 1.54) is 7.11 Å². The average molecular weight is 301 g/mol. The lowest BCUT2D eigenvalue weighted by molar-refractivity contribution is 0.0694. The van der Waals surface area contributed by atoms with Crippen molar-refractivity contribution in [2.45, 2.75) is 26.2 Å². The number of fused-ring (bicyclic) bond motifs is 1. The van der Waals surface area contributed by atoms with E-state index >= 15 is 0 Å². The Bertz CT molecular complexity index is 744. The molecule has 0 radical (unpaired) electrons. The van der Waals surface area contributed by atoms with Crippen LogP contribution in [-0.2, 0) is 10.2 Å². The number of nitrogens with one attached hydrogen (secondary N) is 1. The summed E-state index contributed by atoms with van der Waals surface area (Å²) < 4.78 is 4.64. The van der Waals surface area contributed by atoms with Crippen LogP contribution in [0.3, 0.4) is 0 Å². The lowest BCUT2D eigenvalue weighted by atomic mass is 9.80. The number of hydrogen-bond donors (Lipinski definition) is 2. The number of aromatic carboxylic acids is 1. The zero-order valence-corrected chi connectivity index (χ0v) is 13.1. The topological polar surface area (TPSA) is 75.6 Å². The van der Waals surface area contributed by atoms with Gasteiger partial charge in [0.2, 0.25) is 0 Å². The summed E-state index contributed by atoms with van der Waals surface area (Å²) in [5.41, 5.74) is 1.06. The van der Waals surface area contributed by atoms with Crippen molar-refractivity contribution in [2.24, 2.45) is 0 Å². The summed E-state index contributed by atoms with van der Waals surface area (Å²) >= 11 is 0. The largest absolute Gasteiger partial charge is 0.478 e. The van der Waals surface area contributed by atoms with Crippen molar-refractivity contribution in [3.8, 4) is 0 Å². The molecule has 5 heteroatoms. The van der Waals surface area contributed by atoms with Gasteiger partial charge in [-0.15, -0.1) is 0 Å². The molecule has 0 aliphatic heterocycles. The molecule has 0 spiro atoms. The molecule has 0 unspecified atom stereocenters. The van der Waals surface area contributed by atoms with Gasteiger partial charge in [-0.1, -0.05) is 39.0 Å². The SMILES string of the molecule is COC(=O)Nc1cccc2ccc(C(=O)O)c(C(C)(C)C)c12. The molecule has 0 saturated carbocycles. The fourth-order valence-corrected chi connectivity index (χ4v) is 2.60. The maximum absolute atomic E-state index is 11.6. The Morgan fingerprint density at radius 1 is 1.14 bits per heavy atom. The van der Waals surface area contributed by atoms with Crippen molar-refractivity contribution >= 4 is 28.5 Å². The minimum Gasteiger partial charge on any atom is -0.478 e. The highest BCUT2D eigenvalue weighted by Crippen LogP contribution is 2.37. The Hall–Kier alpha value is -2.56. The second-order valence-electron chi connectivity index (χ2n) is 6.06. The standard InChI is InChI=1S/C17H19NO4/c1-17(2,3)14-11(15(19)20)9-8-10-6-5-7-12(13(10)14)18-16(21)22-4/h5-9H,1-4H3,(H,18,21)(H,19,20). The van der Waals surface area contributed by atoms with Crippen LogP contribution in [0, 0.1) is 0 Å². The van der Waals surface area contributed by atoms with Crippen LogP contribution < -0.4 is 5.32 Å². The van der Waals surface area contributed by atoms with Crippen molar-refractivity contribution < 1.29 is 19.4 Å². The van der Waals surface area contributed by atoms with E-state index in [0.717, 1.165) is 10.8 Å². The summed E-state index contributed by atoms with van der Waals surface area (Å²) in [5.74, 6) is -0.986. The number of methoxy groups -OCH3 is 1. The predicted octanol–water partition coefficient (Wildman–Crippen LogP) is 4.01. The van der Waals surface area contributed by atoms with Crippen LogP contribution >= 0.6 is 0 Å². The van der Waals surface area contributed by atoms with Gasteiger partial charge in [0.25, 0.3) is 0 Å². The third kappa shape index (κ3) is 2.88. The Labute approximate surface area is 128 Å². The molecule has 0 fully saturated rings. The lowest BCUT2D eigenvalue weighted by Gasteiger charge is -2.25. The minimum atomic E-state index is -0.986. The maximum atomic E-state index is 11.6. The molecule has 0 aliphatic rings. The van der Waals surface area contributed by atoms with Gasteiger partial charge in [-0.3, -0.25) is 5.32 Å². The fraction of sp³-hybridized carbons (Fsp3) is 0.294. The molecule has 1 amide bonds. The Morgan fingerprint density at radius 2 is 1.82 bits per heavy atom. The molecule has 22 heavy (non-hydrogen) atoms. The Kier molecular flexibility index (Phi) is 4.08. The quantitative estimate of drug-likeness (QED) is 0.878. The molecule has 0 bridgehead atoms. The summed E-state index contributed by atoms with van der Waals surface area (Å²) in [6.07, 6.45) is -0.590. The number of ether oxygens (including phenoxy) is 1. The molecular formula is C17H19NO4. The number of carbonyl (C=O) groups is 2. The van der Waals surface area contributed by atoms with Gasteiger partial charge in [0.05, 0.1) is 18.4 Å². The van der Waals surface area contributed by atoms with Gasteiger partial charge in [-0.25, -0.2) is 9.59 Å². The number of carboxylic acids is 1. The molecule has 116 valence electrons. The molecule has 2 N–H and O–H groups in total. The first-order chi connectivity index (χ1) is 10.3. The summed E-state index contributed by atoms with van der Waals surface area (Å²) in [5, 5.41) is 13.7. The summed E-state index contributed by atoms with van der Waals surface area (Å²) in [7, 11) is 1.29. The maximum Gasteiger partial charge on any atom is 0.411 e. The average Bonchev–Trinajstić information content (AvgIpc) is 2.45. The molecule has 2 rings (SSSR count). The van der Waals surface area contributed by atoms with E-state index in [2.05, 4.69) is 10.1 Å². The molecule has 2 aromatic rings. The van der Waals surface area contributed by atoms with Crippen LogP contribution in [0.2, 0.25) is 0 Å². The Morgan fingerprint density at radius 3 is 2.36 bits per heavy atom. The summed E-state index contributed by atoms with van der Waals surface area (Å²) in [6.45, 7) is 5.84. The van der Waals surface area contributed by atoms with Crippen LogP contribution in [0.25, 0.3) is 10.8 Å². The van der Waals surface area contributed by atoms with Crippen LogP contribution in [-0.4, -0.2) is 24.3 Å². The molecule has 0 atom stereocenters. The van der Waals surface area contributed by atoms with E-state index in [1.807, 2.05) is 26.8 Å². The smallest absolute Gasteiger partial charge is 0.411 e. The van der Waals surface area contributed by atoms with Gasteiger partial charge < -0.3 is 9.84 Å². The molecule has 2 aromatic carbocycles. The van der Waals surface area contributed by atoms with Crippen molar-refractivity contribution in [1.29, 1.82) is 0 Å². The van der Waals surface area contributed by atoms with Gasteiger partial charge in [0.15, 0.2) is 0 Å². The molecular weight excluding hydrogens is 282 g/mol. The van der Waals surface area contributed by atoms with Crippen LogP contribution in [0.15, 0.2) is 30.3 Å². The molecule has 0 saturated heterocycles. The number of carbonyl (C=O) groups excluding carboxylic acids is 1. The third-order valence-electron chi connectivity index (χ3n) is 3.45. The molecule has 0 aromatic heterocycles. The van der Waals surface area contributed by atoms with Crippen LogP contribution in [0.4, 0.5) is 10.5 Å². The summed E-state index contributed by atoms with van der Waals surface area (Å²) in [4.78, 5) is 23.1. The van der Waals surface area contributed by atoms with E-state index in [9.17, 15) is 14.7 Å². The minimum absolute atomic E-state index is 0.235. The van der Waals surface area contributed by atoms with E-state index in [0.29, 0.717) is 11.3 Å². The molecule has 0 heterocycles. The number of anilines is 1. The number of rotatable bonds is 2. The van der Waals surface area contributed by atoms with E-state index in [1.54, 1.807) is 24.3 Å². The number of carboxylic acid groups (broad SMARTS) is 1. The first-order valence-corrected chi connectivity index (χ1v) is 6.90. The van der Waals surface area contributed by atoms with Crippen molar-refractivity contribution in [2.75, 3.05) is 12.4 Å². The predicted molar refractivity (Wildman–Crippen MR) is 85.6 cm³/mol. The van der Waals surface area contributed by atoms with E-state index in [-0.39, 0.29) is 5.56 Å². The van der Waals surface area contributed by atoms with Gasteiger partial charge in [-0.05, 0) is 28.5 Å². The van der Waals surface area contributed by atoms with Gasteiger partial charge in [-0.2, -0.15) is 0 Å². The monoisotopic (exact) mass is 301 g/mol. The third-order valence-corrected chi connectivity index (χ3v) is 3.45. The van der Waals surface area contributed by atoms with Crippen molar-refractivity contribution in [3.63, 3.8) is 0 Å². The number of benzene rings is 2. The van der Waals surface area contributed by atoms with Crippen molar-refractivity contribution in [3.05, 3.63) is 41.5 Å². The number of amides is 1. The highest BCUT2D eigenvalue weighted by atomic mass is 16.5. The van der Waals surface area contributed by atoms with Crippen LogP contribution in [0.5, 0.6) is 0 Å². The van der Waals surface area contributed by atoms with Gasteiger partial charge in [0, 0.05) is 5.39 Å². The van der Waals surface area contributed by atoms with Crippen LogP contribution in [0.1, 0.15) is 36.7 Å². The molecule has 0 aliphatic carbocycles. The first-order valence-electron chi connectivity index (χ1n) is 6.90. The summed E-state index contributed by atoms with van der Waals surface area (Å²) in [6, 6.07) is 8.78. The first kappa shape index (κ1) is 15.8.